The van der Waals surface area contributed by atoms with Crippen LogP contribution in [0, 0.1) is 0 Å². The lowest BCUT2D eigenvalue weighted by Gasteiger charge is -2.10. The first-order valence-electron chi connectivity index (χ1n) is 4.86. The van der Waals surface area contributed by atoms with E-state index in [-0.39, 0.29) is 30.7 Å². The monoisotopic (exact) mass is 213 g/mol. The van der Waals surface area contributed by atoms with E-state index in [9.17, 15) is 14.4 Å². The predicted octanol–water partition coefficient (Wildman–Crippen LogP) is -1.53. The molecule has 1 unspecified atom stereocenters. The highest BCUT2D eigenvalue weighted by molar-refractivity contribution is 6.06. The zero-order valence-corrected chi connectivity index (χ0v) is 8.87. The van der Waals surface area contributed by atoms with Crippen molar-refractivity contribution in [2.45, 2.75) is 19.4 Å². The first-order valence-corrected chi connectivity index (χ1v) is 4.86. The van der Waals surface area contributed by atoms with Gasteiger partial charge in [-0.3, -0.25) is 19.3 Å². The van der Waals surface area contributed by atoms with Gasteiger partial charge in [0.15, 0.2) is 0 Å². The van der Waals surface area contributed by atoms with E-state index in [1.165, 1.54) is 7.05 Å². The maximum Gasteiger partial charge on any atom is 0.252 e. The molecule has 1 fully saturated rings. The van der Waals surface area contributed by atoms with E-state index in [0.29, 0.717) is 6.54 Å². The van der Waals surface area contributed by atoms with Crippen LogP contribution in [0.25, 0.3) is 0 Å². The van der Waals surface area contributed by atoms with Gasteiger partial charge in [0.25, 0.3) is 5.91 Å². The van der Waals surface area contributed by atoms with E-state index < -0.39 is 6.04 Å². The van der Waals surface area contributed by atoms with E-state index in [1.54, 1.807) is 0 Å². The fourth-order valence-electron chi connectivity index (χ4n) is 1.35. The smallest absolute Gasteiger partial charge is 0.252 e. The van der Waals surface area contributed by atoms with Crippen molar-refractivity contribution in [3.05, 3.63) is 0 Å². The molecule has 0 aromatic heterocycles. The lowest BCUT2D eigenvalue weighted by atomic mass is 10.2. The SMILES string of the molecule is CCNCC(=O)NC1CC(=O)N(C)C1=O. The van der Waals surface area contributed by atoms with E-state index in [2.05, 4.69) is 10.6 Å². The Morgan fingerprint density at radius 2 is 2.20 bits per heavy atom. The van der Waals surface area contributed by atoms with Crippen LogP contribution in [-0.4, -0.2) is 48.8 Å². The standard InChI is InChI=1S/C9H15N3O3/c1-3-10-5-7(13)11-6-4-8(14)12(2)9(6)15/h6,10H,3-5H2,1-2H3,(H,11,13). The summed E-state index contributed by atoms with van der Waals surface area (Å²) < 4.78 is 0. The van der Waals surface area contributed by atoms with E-state index in [4.69, 9.17) is 0 Å². The molecule has 1 aliphatic rings. The van der Waals surface area contributed by atoms with Gasteiger partial charge in [-0.1, -0.05) is 6.92 Å². The van der Waals surface area contributed by atoms with E-state index >= 15 is 0 Å². The molecule has 6 nitrogen and oxygen atoms in total. The van der Waals surface area contributed by atoms with Gasteiger partial charge in [0.2, 0.25) is 11.8 Å². The molecule has 0 saturated carbocycles. The molecular weight excluding hydrogens is 198 g/mol. The van der Waals surface area contributed by atoms with Crippen LogP contribution in [0.15, 0.2) is 0 Å². The molecule has 1 heterocycles. The van der Waals surface area contributed by atoms with Crippen molar-refractivity contribution in [2.24, 2.45) is 0 Å². The minimum atomic E-state index is -0.686. The van der Waals surface area contributed by atoms with Gasteiger partial charge < -0.3 is 10.6 Å². The van der Waals surface area contributed by atoms with Gasteiger partial charge in [0.1, 0.15) is 6.04 Å². The van der Waals surface area contributed by atoms with Gasteiger partial charge in [0.05, 0.1) is 13.0 Å². The molecule has 0 spiro atoms. The lowest BCUT2D eigenvalue weighted by Crippen LogP contribution is -2.44. The van der Waals surface area contributed by atoms with Crippen LogP contribution < -0.4 is 10.6 Å². The van der Waals surface area contributed by atoms with Crippen molar-refractivity contribution < 1.29 is 14.4 Å². The normalized spacial score (nSPS) is 20.9. The number of carbonyl (C=O) groups excluding carboxylic acids is 3. The number of hydrogen-bond acceptors (Lipinski definition) is 4. The van der Waals surface area contributed by atoms with Crippen LogP contribution in [0.3, 0.4) is 0 Å². The summed E-state index contributed by atoms with van der Waals surface area (Å²) >= 11 is 0. The van der Waals surface area contributed by atoms with Gasteiger partial charge >= 0.3 is 0 Å². The number of likely N-dealkylation sites (N-methyl/N-ethyl adjacent to an activating group) is 2. The summed E-state index contributed by atoms with van der Waals surface area (Å²) in [6.45, 7) is 2.73. The minimum absolute atomic E-state index is 0.0627. The Morgan fingerprint density at radius 1 is 1.53 bits per heavy atom. The van der Waals surface area contributed by atoms with E-state index in [0.717, 1.165) is 4.90 Å². The van der Waals surface area contributed by atoms with Gasteiger partial charge in [-0.2, -0.15) is 0 Å². The third-order valence-electron chi connectivity index (χ3n) is 2.25. The fraction of sp³-hybridized carbons (Fsp3) is 0.667. The van der Waals surface area contributed by atoms with Crippen LogP contribution in [-0.2, 0) is 14.4 Å². The first kappa shape index (κ1) is 11.6. The highest BCUT2D eigenvalue weighted by Crippen LogP contribution is 2.09. The van der Waals surface area contributed by atoms with E-state index in [1.807, 2.05) is 6.92 Å². The summed E-state index contributed by atoms with van der Waals surface area (Å²) in [5.41, 5.74) is 0. The maximum absolute atomic E-state index is 11.4. The molecule has 6 heteroatoms. The molecule has 3 amide bonds. The number of nitrogens with zero attached hydrogens (tertiary/aromatic N) is 1. The number of rotatable bonds is 4. The largest absolute Gasteiger partial charge is 0.343 e. The number of amides is 3. The quantitative estimate of drug-likeness (QED) is 0.555. The highest BCUT2D eigenvalue weighted by atomic mass is 16.2. The first-order chi connectivity index (χ1) is 7.06. The molecular formula is C9H15N3O3. The van der Waals surface area contributed by atoms with Gasteiger partial charge in [-0.15, -0.1) is 0 Å². The Kier molecular flexibility index (Phi) is 3.79. The molecule has 1 aliphatic heterocycles. The van der Waals surface area contributed by atoms with Gasteiger partial charge in [0, 0.05) is 7.05 Å². The molecule has 0 bridgehead atoms. The number of likely N-dealkylation sites (tertiary alicyclic amines) is 1. The van der Waals surface area contributed by atoms with Crippen molar-refractivity contribution in [3.8, 4) is 0 Å². The predicted molar refractivity (Wildman–Crippen MR) is 52.9 cm³/mol. The zero-order chi connectivity index (χ0) is 11.4. The van der Waals surface area contributed by atoms with Crippen molar-refractivity contribution in [2.75, 3.05) is 20.1 Å². The summed E-state index contributed by atoms with van der Waals surface area (Å²) in [5.74, 6) is -0.864. The summed E-state index contributed by atoms with van der Waals surface area (Å²) in [6.07, 6.45) is 0.0627. The number of nitrogens with one attached hydrogen (secondary N) is 2. The molecule has 0 aliphatic carbocycles. The Bertz CT molecular complexity index is 290. The summed E-state index contributed by atoms with van der Waals surface area (Å²) in [6, 6.07) is -0.686. The molecule has 1 saturated heterocycles. The van der Waals surface area contributed by atoms with Crippen LogP contribution in [0.5, 0.6) is 0 Å². The zero-order valence-electron chi connectivity index (χ0n) is 8.87. The average Bonchev–Trinajstić information content (AvgIpc) is 2.43. The van der Waals surface area contributed by atoms with Crippen LogP contribution in [0.2, 0.25) is 0 Å². The summed E-state index contributed by atoms with van der Waals surface area (Å²) in [7, 11) is 1.42. The maximum atomic E-state index is 11.4. The Hall–Kier alpha value is -1.43. The number of hydrogen-bond donors (Lipinski definition) is 2. The molecule has 1 atom stereocenters. The van der Waals surface area contributed by atoms with Crippen molar-refractivity contribution in [3.63, 3.8) is 0 Å². The Balaban J connectivity index is 2.43. The second-order valence-corrected chi connectivity index (χ2v) is 3.40. The van der Waals surface area contributed by atoms with Crippen molar-refractivity contribution in [1.29, 1.82) is 0 Å². The number of carbonyl (C=O) groups is 3. The Morgan fingerprint density at radius 3 is 2.67 bits per heavy atom. The third kappa shape index (κ3) is 2.76. The number of imide groups is 1. The highest BCUT2D eigenvalue weighted by Gasteiger charge is 2.36. The molecule has 0 radical (unpaired) electrons. The average molecular weight is 213 g/mol. The van der Waals surface area contributed by atoms with Crippen LogP contribution >= 0.6 is 0 Å². The van der Waals surface area contributed by atoms with Crippen molar-refractivity contribution >= 4 is 17.7 Å². The molecule has 84 valence electrons. The molecule has 1 rings (SSSR count). The second-order valence-electron chi connectivity index (χ2n) is 3.40. The third-order valence-corrected chi connectivity index (χ3v) is 2.25. The fourth-order valence-corrected chi connectivity index (χ4v) is 1.35. The minimum Gasteiger partial charge on any atom is -0.343 e. The topological polar surface area (TPSA) is 78.5 Å². The van der Waals surface area contributed by atoms with Crippen LogP contribution in [0.4, 0.5) is 0 Å². The van der Waals surface area contributed by atoms with Crippen molar-refractivity contribution in [1.82, 2.24) is 15.5 Å². The summed E-state index contributed by atoms with van der Waals surface area (Å²) in [5, 5.41) is 5.35. The molecule has 0 aromatic carbocycles. The molecule has 2 N–H and O–H groups in total. The lowest BCUT2D eigenvalue weighted by molar-refractivity contribution is -0.138. The second kappa shape index (κ2) is 4.88. The Labute approximate surface area is 88.0 Å². The molecule has 15 heavy (non-hydrogen) atoms. The van der Waals surface area contributed by atoms with Crippen LogP contribution in [0.1, 0.15) is 13.3 Å². The molecule has 0 aromatic rings. The summed E-state index contributed by atoms with van der Waals surface area (Å²) in [4.78, 5) is 34.8. The van der Waals surface area contributed by atoms with Gasteiger partial charge in [-0.05, 0) is 6.54 Å². The van der Waals surface area contributed by atoms with Gasteiger partial charge in [-0.25, -0.2) is 0 Å².